The van der Waals surface area contributed by atoms with Crippen LogP contribution in [0.4, 0.5) is 0 Å². The molecule has 0 bridgehead atoms. The summed E-state index contributed by atoms with van der Waals surface area (Å²) in [6, 6.07) is -0.463. The Morgan fingerprint density at radius 1 is 1.19 bits per heavy atom. The molecule has 3 aliphatic heterocycles. The molecule has 3 fully saturated rings. The Hall–Kier alpha value is -1.48. The van der Waals surface area contributed by atoms with Gasteiger partial charge in [-0.25, -0.2) is 13.4 Å². The first-order chi connectivity index (χ1) is 12.8. The second-order valence-corrected chi connectivity index (χ2v) is 10.6. The van der Waals surface area contributed by atoms with Crippen molar-refractivity contribution in [2.24, 2.45) is 11.0 Å². The molecule has 2 saturated heterocycles. The molecule has 4 aliphatic rings. The van der Waals surface area contributed by atoms with E-state index in [1.165, 1.54) is 5.01 Å². The van der Waals surface area contributed by atoms with E-state index in [2.05, 4.69) is 5.10 Å². The molecule has 150 valence electrons. The number of nitrogens with zero attached hydrogens (tertiary/aromatic N) is 3. The van der Waals surface area contributed by atoms with E-state index >= 15 is 0 Å². The number of amides is 2. The molecule has 0 unspecified atom stereocenters. The summed E-state index contributed by atoms with van der Waals surface area (Å²) < 4.78 is 23.5. The molecule has 3 heterocycles. The molecule has 2 amide bonds. The molecule has 4 rings (SSSR count). The Kier molecular flexibility index (Phi) is 4.78. The average molecular weight is 397 g/mol. The van der Waals surface area contributed by atoms with Gasteiger partial charge in [-0.3, -0.25) is 9.59 Å². The van der Waals surface area contributed by atoms with Crippen LogP contribution >= 0.6 is 0 Å². The number of rotatable bonds is 2. The monoisotopic (exact) mass is 397 g/mol. The second-order valence-electron chi connectivity index (χ2n) is 8.39. The van der Waals surface area contributed by atoms with Crippen molar-refractivity contribution in [1.29, 1.82) is 0 Å². The van der Waals surface area contributed by atoms with Crippen LogP contribution in [-0.2, 0) is 19.4 Å². The molecule has 3 atom stereocenters. The van der Waals surface area contributed by atoms with Crippen molar-refractivity contribution in [3.63, 3.8) is 0 Å². The molecule has 1 N–H and O–H groups in total. The van der Waals surface area contributed by atoms with Crippen LogP contribution in [0.3, 0.4) is 0 Å². The van der Waals surface area contributed by atoms with Gasteiger partial charge >= 0.3 is 0 Å². The Balaban J connectivity index is 1.48. The van der Waals surface area contributed by atoms with E-state index in [0.29, 0.717) is 38.1 Å². The third-order valence-electron chi connectivity index (χ3n) is 6.58. The minimum absolute atomic E-state index is 0.0621. The van der Waals surface area contributed by atoms with Gasteiger partial charge in [-0.05, 0) is 25.7 Å². The number of hydrogen-bond acceptors (Lipinski definition) is 6. The summed E-state index contributed by atoms with van der Waals surface area (Å²) in [4.78, 5) is 27.0. The van der Waals surface area contributed by atoms with Gasteiger partial charge in [0.25, 0.3) is 5.91 Å². The zero-order valence-corrected chi connectivity index (χ0v) is 16.3. The van der Waals surface area contributed by atoms with Gasteiger partial charge < -0.3 is 10.0 Å². The van der Waals surface area contributed by atoms with Gasteiger partial charge in [0.15, 0.2) is 9.84 Å². The van der Waals surface area contributed by atoms with Gasteiger partial charge in [0.2, 0.25) is 5.91 Å². The van der Waals surface area contributed by atoms with Gasteiger partial charge in [0, 0.05) is 31.8 Å². The first kappa shape index (κ1) is 18.9. The van der Waals surface area contributed by atoms with Gasteiger partial charge in [0.05, 0.1) is 23.1 Å². The zero-order chi connectivity index (χ0) is 19.2. The minimum Gasteiger partial charge on any atom is -0.389 e. The van der Waals surface area contributed by atoms with Gasteiger partial charge in [0.1, 0.15) is 5.71 Å². The number of hydrazone groups is 1. The highest BCUT2D eigenvalue weighted by Gasteiger charge is 2.45. The quantitative estimate of drug-likeness (QED) is 0.721. The molecular weight excluding hydrogens is 370 g/mol. The van der Waals surface area contributed by atoms with E-state index in [1.807, 2.05) is 0 Å². The third kappa shape index (κ3) is 3.63. The number of carbonyl (C=O) groups excluding carboxylic acids is 2. The first-order valence-electron chi connectivity index (χ1n) is 9.89. The fourth-order valence-electron chi connectivity index (χ4n) is 4.92. The highest BCUT2D eigenvalue weighted by atomic mass is 32.2. The molecule has 0 spiro atoms. The number of aliphatic hydroxyl groups is 1. The van der Waals surface area contributed by atoms with Crippen LogP contribution < -0.4 is 0 Å². The lowest BCUT2D eigenvalue weighted by Gasteiger charge is -2.47. The van der Waals surface area contributed by atoms with E-state index in [4.69, 9.17) is 0 Å². The zero-order valence-electron chi connectivity index (χ0n) is 15.5. The molecule has 1 aliphatic carbocycles. The third-order valence-corrected chi connectivity index (χ3v) is 8.33. The van der Waals surface area contributed by atoms with Crippen molar-refractivity contribution in [2.75, 3.05) is 24.6 Å². The average Bonchev–Trinajstić information content (AvgIpc) is 3.00. The summed E-state index contributed by atoms with van der Waals surface area (Å²) in [6.45, 7) is 1.02. The summed E-state index contributed by atoms with van der Waals surface area (Å²) in [6.07, 6.45) is 5.28. The summed E-state index contributed by atoms with van der Waals surface area (Å²) in [5.74, 6) is -0.310. The first-order valence-corrected chi connectivity index (χ1v) is 11.7. The van der Waals surface area contributed by atoms with Crippen LogP contribution in [0.25, 0.3) is 0 Å². The lowest BCUT2D eigenvalue weighted by molar-refractivity contribution is -0.137. The SMILES string of the molecule is O=C(C1=NN([C@@H]2CCS(=O)(=O)C2)C(=O)CC1)N1CC[C@]2(O)CCCC[C@@H]2C1. The highest BCUT2D eigenvalue weighted by molar-refractivity contribution is 7.91. The molecule has 27 heavy (non-hydrogen) atoms. The van der Waals surface area contributed by atoms with Crippen LogP contribution in [0.1, 0.15) is 51.4 Å². The van der Waals surface area contributed by atoms with Crippen LogP contribution in [0.15, 0.2) is 5.10 Å². The van der Waals surface area contributed by atoms with E-state index in [0.717, 1.165) is 25.7 Å². The molecular formula is C18H27N3O5S. The van der Waals surface area contributed by atoms with E-state index in [9.17, 15) is 23.1 Å². The maximum atomic E-state index is 13.0. The molecule has 1 saturated carbocycles. The summed E-state index contributed by atoms with van der Waals surface area (Å²) >= 11 is 0. The Morgan fingerprint density at radius 3 is 2.74 bits per heavy atom. The van der Waals surface area contributed by atoms with Crippen LogP contribution in [-0.4, -0.2) is 77.2 Å². The molecule has 9 heteroatoms. The van der Waals surface area contributed by atoms with Crippen LogP contribution in [0.5, 0.6) is 0 Å². The second kappa shape index (κ2) is 6.84. The fraction of sp³-hybridized carbons (Fsp3) is 0.833. The normalized spacial score (nSPS) is 36.3. The summed E-state index contributed by atoms with van der Waals surface area (Å²) in [7, 11) is -3.13. The molecule has 0 radical (unpaired) electrons. The number of likely N-dealkylation sites (tertiary alicyclic amines) is 1. The number of hydrogen-bond donors (Lipinski definition) is 1. The van der Waals surface area contributed by atoms with E-state index in [-0.39, 0.29) is 35.7 Å². The predicted octanol–water partition coefficient (Wildman–Crippen LogP) is 0.306. The highest BCUT2D eigenvalue weighted by Crippen LogP contribution is 2.40. The Labute approximate surface area is 159 Å². The van der Waals surface area contributed by atoms with Crippen LogP contribution in [0, 0.1) is 5.92 Å². The maximum absolute atomic E-state index is 13.0. The number of carbonyl (C=O) groups is 2. The predicted molar refractivity (Wildman–Crippen MR) is 98.7 cm³/mol. The van der Waals surface area contributed by atoms with Crippen molar-refractivity contribution in [1.82, 2.24) is 9.91 Å². The molecule has 0 aromatic carbocycles. The van der Waals surface area contributed by atoms with Gasteiger partial charge in [-0.1, -0.05) is 12.8 Å². The minimum atomic E-state index is -3.13. The standard InChI is InChI=1S/C18H27N3O5S/c22-16-5-4-15(19-21(16)14-6-10-27(25,26)12-14)17(23)20-9-8-18(24)7-2-1-3-13(18)11-20/h13-14,24H,1-12H2/t13-,14-,18-/m1/s1. The Morgan fingerprint density at radius 2 is 2.00 bits per heavy atom. The van der Waals surface area contributed by atoms with Gasteiger partial charge in [-0.15, -0.1) is 0 Å². The van der Waals surface area contributed by atoms with Crippen molar-refractivity contribution < 1.29 is 23.1 Å². The summed E-state index contributed by atoms with van der Waals surface area (Å²) in [5, 5.41) is 16.3. The number of fused-ring (bicyclic) bond motifs is 1. The van der Waals surface area contributed by atoms with E-state index in [1.54, 1.807) is 4.90 Å². The lowest BCUT2D eigenvalue weighted by Crippen LogP contribution is -2.56. The Bertz CT molecular complexity index is 780. The van der Waals surface area contributed by atoms with Crippen molar-refractivity contribution in [2.45, 2.75) is 63.0 Å². The van der Waals surface area contributed by atoms with Crippen LogP contribution in [0.2, 0.25) is 0 Å². The van der Waals surface area contributed by atoms with Crippen molar-refractivity contribution in [3.8, 4) is 0 Å². The number of piperidine rings is 1. The van der Waals surface area contributed by atoms with E-state index < -0.39 is 21.5 Å². The van der Waals surface area contributed by atoms with Crippen molar-refractivity contribution in [3.05, 3.63) is 0 Å². The fourth-order valence-corrected chi connectivity index (χ4v) is 6.61. The largest absolute Gasteiger partial charge is 0.389 e. The molecule has 8 nitrogen and oxygen atoms in total. The molecule has 0 aromatic heterocycles. The molecule has 0 aromatic rings. The maximum Gasteiger partial charge on any atom is 0.270 e. The topological polar surface area (TPSA) is 107 Å². The van der Waals surface area contributed by atoms with Gasteiger partial charge in [-0.2, -0.15) is 5.10 Å². The summed E-state index contributed by atoms with van der Waals surface area (Å²) in [5.41, 5.74) is -0.316. The smallest absolute Gasteiger partial charge is 0.270 e. The van der Waals surface area contributed by atoms with Crippen molar-refractivity contribution >= 4 is 27.4 Å². The number of sulfone groups is 1. The lowest BCUT2D eigenvalue weighted by atomic mass is 9.71.